The molecule has 4 heterocycles. The number of benzene rings is 2. The van der Waals surface area contributed by atoms with Gasteiger partial charge < -0.3 is 23.8 Å². The number of aromatic amines is 1. The van der Waals surface area contributed by atoms with Gasteiger partial charge >= 0.3 is 12.1 Å². The number of hydrogen-bond acceptors (Lipinski definition) is 8. The molecule has 3 aromatic heterocycles. The fourth-order valence-electron chi connectivity index (χ4n) is 4.38. The number of nitrogens with zero attached hydrogens (tertiary/aromatic N) is 5. The summed E-state index contributed by atoms with van der Waals surface area (Å²) in [7, 11) is 1.58. The Hall–Kier alpha value is -5.01. The van der Waals surface area contributed by atoms with E-state index in [4.69, 9.17) is 4.42 Å². The molecule has 0 radical (unpaired) electrons. The third-order valence-corrected chi connectivity index (χ3v) is 6.20. The number of oxazole rings is 1. The molecule has 1 aliphatic rings. The highest BCUT2D eigenvalue weighted by atomic mass is 19.3. The maximum absolute atomic E-state index is 13.4. The summed E-state index contributed by atoms with van der Waals surface area (Å²) >= 11 is 0. The van der Waals surface area contributed by atoms with Crippen molar-refractivity contribution in [2.45, 2.75) is 19.8 Å². The molecule has 0 fully saturated rings. The molecular formula is C24H18F2N6O6. The van der Waals surface area contributed by atoms with Crippen LogP contribution in [0.15, 0.2) is 56.7 Å². The number of amides is 1. The number of carbonyl (C=O) groups is 1. The predicted octanol–water partition coefficient (Wildman–Crippen LogP) is 2.61. The van der Waals surface area contributed by atoms with Gasteiger partial charge in [0.05, 0.1) is 11.8 Å². The van der Waals surface area contributed by atoms with Gasteiger partial charge in [-0.05, 0) is 31.2 Å². The first-order chi connectivity index (χ1) is 18.1. The molecule has 2 aromatic carbocycles. The van der Waals surface area contributed by atoms with E-state index >= 15 is 0 Å². The smallest absolute Gasteiger partial charge is 0.408 e. The summed E-state index contributed by atoms with van der Waals surface area (Å²) in [6.07, 6.45) is -2.45. The SMILES string of the molecule is CCN(C(=O)Cn1nc(-c2ccc3c(c2)oc(=O)n3C)c2nc[nH]c2c1=O)c1ccc2c(c1)OC(F)(F)O2. The molecule has 0 unspecified atom stereocenters. The highest BCUT2D eigenvalue weighted by Crippen LogP contribution is 2.42. The van der Waals surface area contributed by atoms with Gasteiger partial charge in [0, 0.05) is 30.9 Å². The summed E-state index contributed by atoms with van der Waals surface area (Å²) in [6.45, 7) is 1.41. The number of rotatable bonds is 5. The standard InChI is InChI=1S/C24H18F2N6O6/c1-3-31(13-5-7-15-17(9-13)38-24(25,26)37-15)18(33)10-32-22(34)21-20(27-11-28-21)19(29-32)12-4-6-14-16(8-12)36-23(35)30(14)2/h4-9,11H,3,10H2,1-2H3,(H,27,28). The van der Waals surface area contributed by atoms with Crippen molar-refractivity contribution in [1.29, 1.82) is 0 Å². The monoisotopic (exact) mass is 524 g/mol. The summed E-state index contributed by atoms with van der Waals surface area (Å²) in [5.41, 5.74) is 1.79. The number of aryl methyl sites for hydroxylation is 1. The fraction of sp³-hybridized carbons (Fsp3) is 0.208. The molecule has 12 nitrogen and oxygen atoms in total. The van der Waals surface area contributed by atoms with Crippen LogP contribution in [0.1, 0.15) is 6.92 Å². The minimum Gasteiger partial charge on any atom is -0.408 e. The molecule has 0 saturated heterocycles. The van der Waals surface area contributed by atoms with Gasteiger partial charge in [0.15, 0.2) is 17.1 Å². The number of alkyl halides is 2. The Bertz CT molecular complexity index is 1870. The number of ether oxygens (including phenoxy) is 2. The number of imidazole rings is 1. The van der Waals surface area contributed by atoms with Gasteiger partial charge in [0.1, 0.15) is 23.3 Å². The van der Waals surface area contributed by atoms with Crippen LogP contribution in [0, 0.1) is 0 Å². The number of nitrogens with one attached hydrogen (secondary N) is 1. The van der Waals surface area contributed by atoms with Crippen molar-refractivity contribution < 1.29 is 27.5 Å². The maximum Gasteiger partial charge on any atom is 0.586 e. The number of H-pyrrole nitrogens is 1. The van der Waals surface area contributed by atoms with E-state index in [0.717, 1.165) is 4.68 Å². The zero-order chi connectivity index (χ0) is 26.8. The molecule has 0 spiro atoms. The quantitative estimate of drug-likeness (QED) is 0.370. The zero-order valence-electron chi connectivity index (χ0n) is 19.9. The zero-order valence-corrected chi connectivity index (χ0v) is 19.9. The molecule has 5 aromatic rings. The summed E-state index contributed by atoms with van der Waals surface area (Å²) in [5.74, 6) is -1.42. The van der Waals surface area contributed by atoms with Crippen LogP contribution in [0.5, 0.6) is 11.5 Å². The Morgan fingerprint density at radius 3 is 2.71 bits per heavy atom. The van der Waals surface area contributed by atoms with Crippen molar-refractivity contribution in [2.75, 3.05) is 11.4 Å². The average Bonchev–Trinajstić information content (AvgIpc) is 3.56. The van der Waals surface area contributed by atoms with Gasteiger partial charge in [0.2, 0.25) is 5.91 Å². The Morgan fingerprint density at radius 1 is 1.13 bits per heavy atom. The molecule has 0 bridgehead atoms. The Morgan fingerprint density at radius 2 is 1.92 bits per heavy atom. The van der Waals surface area contributed by atoms with Crippen LogP contribution < -0.4 is 25.7 Å². The number of aromatic nitrogens is 5. The van der Waals surface area contributed by atoms with Crippen molar-refractivity contribution in [3.8, 4) is 22.8 Å². The molecule has 1 N–H and O–H groups in total. The van der Waals surface area contributed by atoms with Gasteiger partial charge in [0.25, 0.3) is 5.56 Å². The first-order valence-corrected chi connectivity index (χ1v) is 11.4. The van der Waals surface area contributed by atoms with E-state index in [0.29, 0.717) is 16.7 Å². The molecule has 1 aliphatic heterocycles. The largest absolute Gasteiger partial charge is 0.586 e. The summed E-state index contributed by atoms with van der Waals surface area (Å²) in [4.78, 5) is 46.6. The first kappa shape index (κ1) is 23.4. The topological polar surface area (TPSA) is 137 Å². The van der Waals surface area contributed by atoms with Gasteiger partial charge in [-0.3, -0.25) is 14.2 Å². The van der Waals surface area contributed by atoms with Crippen molar-refractivity contribution in [2.24, 2.45) is 7.05 Å². The number of anilines is 1. The third-order valence-electron chi connectivity index (χ3n) is 6.20. The number of carbonyl (C=O) groups excluding carboxylic acids is 1. The van der Waals surface area contributed by atoms with Crippen molar-refractivity contribution in [3.05, 3.63) is 63.6 Å². The van der Waals surface area contributed by atoms with Crippen molar-refractivity contribution >= 4 is 33.7 Å². The molecule has 14 heteroatoms. The minimum atomic E-state index is -3.79. The van der Waals surface area contributed by atoms with Crippen LogP contribution >= 0.6 is 0 Å². The number of fused-ring (bicyclic) bond motifs is 3. The lowest BCUT2D eigenvalue weighted by atomic mass is 10.1. The van der Waals surface area contributed by atoms with E-state index in [9.17, 15) is 23.2 Å². The summed E-state index contributed by atoms with van der Waals surface area (Å²) < 4.78 is 43.4. The normalized spacial score (nSPS) is 13.9. The molecule has 1 amide bonds. The molecular weight excluding hydrogens is 506 g/mol. The van der Waals surface area contributed by atoms with Crippen LogP contribution in [0.25, 0.3) is 33.4 Å². The predicted molar refractivity (Wildman–Crippen MR) is 129 cm³/mol. The summed E-state index contributed by atoms with van der Waals surface area (Å²) in [5, 5.41) is 4.41. The third kappa shape index (κ3) is 3.68. The first-order valence-electron chi connectivity index (χ1n) is 11.4. The molecule has 38 heavy (non-hydrogen) atoms. The van der Waals surface area contributed by atoms with Crippen LogP contribution in [-0.4, -0.2) is 43.1 Å². The number of likely N-dealkylation sites (N-methyl/N-ethyl adjacent to an activating group) is 1. The van der Waals surface area contributed by atoms with Gasteiger partial charge in [-0.25, -0.2) is 14.5 Å². The number of hydrogen-bond donors (Lipinski definition) is 1. The minimum absolute atomic E-state index is 0.130. The van der Waals surface area contributed by atoms with Crippen LogP contribution in [0.2, 0.25) is 0 Å². The molecule has 0 saturated carbocycles. The highest BCUT2D eigenvalue weighted by molar-refractivity contribution is 5.94. The second-order valence-corrected chi connectivity index (χ2v) is 8.48. The maximum atomic E-state index is 13.4. The summed E-state index contributed by atoms with van der Waals surface area (Å²) in [6, 6.07) is 8.96. The van der Waals surface area contributed by atoms with Gasteiger partial charge in [-0.15, -0.1) is 8.78 Å². The second kappa shape index (κ2) is 8.26. The van der Waals surface area contributed by atoms with E-state index in [2.05, 4.69) is 24.5 Å². The molecule has 0 atom stereocenters. The lowest BCUT2D eigenvalue weighted by Gasteiger charge is -2.21. The van der Waals surface area contributed by atoms with Gasteiger partial charge in [-0.2, -0.15) is 5.10 Å². The van der Waals surface area contributed by atoms with E-state index in [1.54, 1.807) is 32.2 Å². The highest BCUT2D eigenvalue weighted by Gasteiger charge is 2.43. The molecule has 6 rings (SSSR count). The lowest BCUT2D eigenvalue weighted by Crippen LogP contribution is -2.37. The van der Waals surface area contributed by atoms with E-state index < -0.39 is 30.1 Å². The van der Waals surface area contributed by atoms with Crippen molar-refractivity contribution in [1.82, 2.24) is 24.3 Å². The van der Waals surface area contributed by atoms with Crippen LogP contribution in [0.4, 0.5) is 14.5 Å². The Labute approximate surface area is 210 Å². The molecule has 0 aliphatic carbocycles. The average molecular weight is 524 g/mol. The van der Waals surface area contributed by atoms with Crippen molar-refractivity contribution in [3.63, 3.8) is 0 Å². The second-order valence-electron chi connectivity index (χ2n) is 8.48. The van der Waals surface area contributed by atoms with E-state index in [1.165, 1.54) is 34.0 Å². The lowest BCUT2D eigenvalue weighted by molar-refractivity contribution is -0.286. The van der Waals surface area contributed by atoms with E-state index in [1.807, 2.05) is 0 Å². The Balaban J connectivity index is 1.38. The Kier molecular flexibility index (Phi) is 5.08. The number of halogens is 2. The van der Waals surface area contributed by atoms with E-state index in [-0.39, 0.29) is 40.5 Å². The van der Waals surface area contributed by atoms with Crippen LogP contribution in [-0.2, 0) is 18.4 Å². The molecule has 194 valence electrons. The van der Waals surface area contributed by atoms with Gasteiger partial charge in [-0.1, -0.05) is 6.07 Å². The van der Waals surface area contributed by atoms with Crippen LogP contribution in [0.3, 0.4) is 0 Å². The fourth-order valence-corrected chi connectivity index (χ4v) is 4.38.